The van der Waals surface area contributed by atoms with E-state index in [9.17, 15) is 4.79 Å². The van der Waals surface area contributed by atoms with Crippen LogP contribution in [0.4, 0.5) is 11.6 Å². The van der Waals surface area contributed by atoms with E-state index >= 15 is 0 Å². The molecule has 4 rings (SSSR count). The van der Waals surface area contributed by atoms with E-state index in [1.54, 1.807) is 39.7 Å². The van der Waals surface area contributed by atoms with Gasteiger partial charge >= 0.3 is 0 Å². The maximum atomic E-state index is 12.0. The first-order valence-corrected chi connectivity index (χ1v) is 11.8. The van der Waals surface area contributed by atoms with E-state index in [2.05, 4.69) is 21.7 Å². The number of carbonyl (C=O) groups excluding carboxylic acids is 1. The summed E-state index contributed by atoms with van der Waals surface area (Å²) >= 11 is 0. The Labute approximate surface area is 210 Å². The third kappa shape index (κ3) is 5.51. The van der Waals surface area contributed by atoms with E-state index < -0.39 is 0 Å². The fourth-order valence-corrected chi connectivity index (χ4v) is 3.94. The van der Waals surface area contributed by atoms with Gasteiger partial charge in [0.1, 0.15) is 5.65 Å². The number of nitrogens with one attached hydrogen (secondary N) is 2. The second kappa shape index (κ2) is 11.4. The van der Waals surface area contributed by atoms with Crippen molar-refractivity contribution < 1.29 is 19.0 Å². The lowest BCUT2D eigenvalue weighted by Crippen LogP contribution is -2.24. The molecule has 0 aliphatic heterocycles. The summed E-state index contributed by atoms with van der Waals surface area (Å²) in [5.41, 5.74) is 3.52. The summed E-state index contributed by atoms with van der Waals surface area (Å²) in [5, 5.41) is 7.07. The number of ether oxygens (including phenoxy) is 3. The Hall–Kier alpha value is -4.27. The smallest absolute Gasteiger partial charge is 0.229 e. The van der Waals surface area contributed by atoms with Gasteiger partial charge in [0.05, 0.1) is 21.3 Å². The summed E-state index contributed by atoms with van der Waals surface area (Å²) in [7, 11) is 4.71. The molecule has 0 spiro atoms. The number of aromatic nitrogens is 3. The average Bonchev–Trinajstić information content (AvgIpc) is 3.33. The Kier molecular flexibility index (Phi) is 7.89. The van der Waals surface area contributed by atoms with Crippen LogP contribution < -0.4 is 24.8 Å². The molecule has 0 aliphatic carbocycles. The summed E-state index contributed by atoms with van der Waals surface area (Å²) < 4.78 is 18.3. The lowest BCUT2D eigenvalue weighted by molar-refractivity contribution is -0.121. The summed E-state index contributed by atoms with van der Waals surface area (Å²) in [4.78, 5) is 21.2. The van der Waals surface area contributed by atoms with Crippen molar-refractivity contribution in [3.05, 3.63) is 60.4 Å². The highest BCUT2D eigenvalue weighted by Gasteiger charge is 2.15. The number of anilines is 2. The Morgan fingerprint density at radius 1 is 1.03 bits per heavy atom. The molecule has 0 unspecified atom stereocenters. The number of hydrogen-bond donors (Lipinski definition) is 2. The fraction of sp³-hybridized carbons (Fsp3) is 0.296. The molecule has 0 aliphatic rings. The van der Waals surface area contributed by atoms with Gasteiger partial charge in [0.15, 0.2) is 11.5 Å². The monoisotopic (exact) mass is 489 g/mol. The molecule has 188 valence electrons. The summed E-state index contributed by atoms with van der Waals surface area (Å²) in [6.45, 7) is 2.75. The highest BCUT2D eigenvalue weighted by Crippen LogP contribution is 2.40. The number of aryl methyl sites for hydroxylation is 1. The predicted molar refractivity (Wildman–Crippen MR) is 140 cm³/mol. The zero-order valence-corrected chi connectivity index (χ0v) is 21.0. The minimum Gasteiger partial charge on any atom is -0.493 e. The van der Waals surface area contributed by atoms with E-state index in [-0.39, 0.29) is 5.91 Å². The molecule has 0 saturated carbocycles. The molecule has 2 aromatic heterocycles. The van der Waals surface area contributed by atoms with Crippen molar-refractivity contribution in [2.75, 3.05) is 33.2 Å². The van der Waals surface area contributed by atoms with Gasteiger partial charge in [0.25, 0.3) is 0 Å². The maximum Gasteiger partial charge on any atom is 0.229 e. The van der Waals surface area contributed by atoms with Gasteiger partial charge in [-0.25, -0.2) is 4.98 Å². The summed E-state index contributed by atoms with van der Waals surface area (Å²) in [5.74, 6) is 2.08. The van der Waals surface area contributed by atoms with Crippen molar-refractivity contribution in [1.29, 1.82) is 0 Å². The van der Waals surface area contributed by atoms with Crippen LogP contribution in [0.5, 0.6) is 17.2 Å². The highest BCUT2D eigenvalue weighted by molar-refractivity contribution is 5.79. The van der Waals surface area contributed by atoms with Crippen LogP contribution in [0, 0.1) is 0 Å². The molecule has 2 aromatic carbocycles. The van der Waals surface area contributed by atoms with Crippen LogP contribution in [0.2, 0.25) is 0 Å². The highest BCUT2D eigenvalue weighted by atomic mass is 16.5. The standard InChI is InChI=1S/C27H31N5O4/c1-5-12-28-24(33)10-9-18-7-6-8-21(14-18)32-13-11-19-17-29-27(31-26(19)32)30-20-15-22(34-2)25(36-4)23(16-20)35-3/h6-8,11,13-17H,5,9-10,12H2,1-4H3,(H,28,33)(H,29,30,31). The lowest BCUT2D eigenvalue weighted by atomic mass is 10.1. The van der Waals surface area contributed by atoms with E-state index in [1.165, 1.54) is 0 Å². The second-order valence-corrected chi connectivity index (χ2v) is 8.22. The second-order valence-electron chi connectivity index (χ2n) is 8.22. The van der Waals surface area contributed by atoms with E-state index in [0.29, 0.717) is 48.3 Å². The van der Waals surface area contributed by atoms with Crippen molar-refractivity contribution >= 4 is 28.6 Å². The number of hydrogen-bond acceptors (Lipinski definition) is 7. The Bertz CT molecular complexity index is 1330. The van der Waals surface area contributed by atoms with Gasteiger partial charge in [-0.3, -0.25) is 4.79 Å². The van der Waals surface area contributed by atoms with Crippen LogP contribution in [0.1, 0.15) is 25.3 Å². The molecule has 0 fully saturated rings. The fourth-order valence-electron chi connectivity index (χ4n) is 3.94. The molecule has 1 amide bonds. The predicted octanol–water partition coefficient (Wildman–Crippen LogP) is 4.65. The molecule has 0 atom stereocenters. The minimum absolute atomic E-state index is 0.0731. The van der Waals surface area contributed by atoms with Gasteiger partial charge in [-0.05, 0) is 36.6 Å². The Morgan fingerprint density at radius 3 is 2.50 bits per heavy atom. The van der Waals surface area contributed by atoms with Crippen LogP contribution in [-0.2, 0) is 11.2 Å². The number of methoxy groups -OCH3 is 3. The van der Waals surface area contributed by atoms with Crippen molar-refractivity contribution in [2.24, 2.45) is 0 Å². The van der Waals surface area contributed by atoms with Gasteiger partial charge in [-0.15, -0.1) is 0 Å². The Morgan fingerprint density at radius 2 is 1.81 bits per heavy atom. The summed E-state index contributed by atoms with van der Waals surface area (Å²) in [6, 6.07) is 13.7. The van der Waals surface area contributed by atoms with Crippen molar-refractivity contribution in [3.8, 4) is 22.9 Å². The molecular weight excluding hydrogens is 458 g/mol. The number of benzene rings is 2. The lowest BCUT2D eigenvalue weighted by Gasteiger charge is -2.14. The van der Waals surface area contributed by atoms with Crippen LogP contribution in [0.3, 0.4) is 0 Å². The largest absolute Gasteiger partial charge is 0.493 e. The molecule has 9 heteroatoms. The Balaban J connectivity index is 1.59. The molecule has 36 heavy (non-hydrogen) atoms. The third-order valence-corrected chi connectivity index (χ3v) is 5.75. The maximum absolute atomic E-state index is 12.0. The molecule has 0 saturated heterocycles. The van der Waals surface area contributed by atoms with Crippen LogP contribution >= 0.6 is 0 Å². The van der Waals surface area contributed by atoms with Gasteiger partial charge in [-0.2, -0.15) is 4.98 Å². The number of carbonyl (C=O) groups is 1. The third-order valence-electron chi connectivity index (χ3n) is 5.75. The molecule has 0 bridgehead atoms. The van der Waals surface area contributed by atoms with Crippen molar-refractivity contribution in [2.45, 2.75) is 26.2 Å². The zero-order valence-electron chi connectivity index (χ0n) is 21.0. The first kappa shape index (κ1) is 24.8. The summed E-state index contributed by atoms with van der Waals surface area (Å²) in [6.07, 6.45) is 5.81. The van der Waals surface area contributed by atoms with Crippen molar-refractivity contribution in [1.82, 2.24) is 19.9 Å². The first-order chi connectivity index (χ1) is 17.6. The number of rotatable bonds is 11. The topological polar surface area (TPSA) is 99.5 Å². The van der Waals surface area contributed by atoms with E-state index in [4.69, 9.17) is 19.2 Å². The van der Waals surface area contributed by atoms with Gasteiger partial charge < -0.3 is 29.4 Å². The molecule has 2 N–H and O–H groups in total. The molecule has 4 aromatic rings. The SMILES string of the molecule is CCCNC(=O)CCc1cccc(-n2ccc3cnc(Nc4cc(OC)c(OC)c(OC)c4)nc32)c1. The minimum atomic E-state index is 0.0731. The number of fused-ring (bicyclic) bond motifs is 1. The van der Waals surface area contributed by atoms with E-state index in [0.717, 1.165) is 28.7 Å². The normalized spacial score (nSPS) is 10.8. The zero-order chi connectivity index (χ0) is 25.5. The van der Waals surface area contributed by atoms with Crippen molar-refractivity contribution in [3.63, 3.8) is 0 Å². The molecule has 9 nitrogen and oxygen atoms in total. The van der Waals surface area contributed by atoms with Gasteiger partial charge in [0, 0.05) is 54.3 Å². The van der Waals surface area contributed by atoms with Crippen LogP contribution in [0.15, 0.2) is 54.9 Å². The van der Waals surface area contributed by atoms with Crippen LogP contribution in [-0.4, -0.2) is 48.3 Å². The number of amides is 1. The van der Waals surface area contributed by atoms with Gasteiger partial charge in [0.2, 0.25) is 17.6 Å². The molecule has 2 heterocycles. The molecule has 0 radical (unpaired) electrons. The van der Waals surface area contributed by atoms with Gasteiger partial charge in [-0.1, -0.05) is 19.1 Å². The number of nitrogens with zero attached hydrogens (tertiary/aromatic N) is 3. The first-order valence-electron chi connectivity index (χ1n) is 11.8. The van der Waals surface area contributed by atoms with E-state index in [1.807, 2.05) is 42.0 Å². The average molecular weight is 490 g/mol. The quantitative estimate of drug-likeness (QED) is 0.316. The van der Waals surface area contributed by atoms with Crippen LogP contribution in [0.25, 0.3) is 16.7 Å². The molecular formula is C27H31N5O4.